The summed E-state index contributed by atoms with van der Waals surface area (Å²) in [7, 11) is -3.96. The van der Waals surface area contributed by atoms with Crippen molar-refractivity contribution in [2.45, 2.75) is 31.2 Å². The summed E-state index contributed by atoms with van der Waals surface area (Å²) in [5.41, 5.74) is 6.11. The molecule has 0 aliphatic carbocycles. The molecule has 1 fully saturated rings. The summed E-state index contributed by atoms with van der Waals surface area (Å²) in [4.78, 5) is 15.3. The number of amides is 1. The van der Waals surface area contributed by atoms with Gasteiger partial charge >= 0.3 is 0 Å². The third-order valence-corrected chi connectivity index (χ3v) is 8.35. The van der Waals surface area contributed by atoms with Gasteiger partial charge in [0.05, 0.1) is 10.6 Å². The fourth-order valence-corrected chi connectivity index (χ4v) is 5.68. The van der Waals surface area contributed by atoms with Gasteiger partial charge < -0.3 is 0 Å². The first-order valence-corrected chi connectivity index (χ1v) is 14.0. The molecule has 0 spiro atoms. The number of carbonyl (C=O) groups is 1. The number of carbonyl (C=O) groups excluding carboxylic acids is 1. The zero-order chi connectivity index (χ0) is 25.5. The Morgan fingerprint density at radius 2 is 1.61 bits per heavy atom. The van der Waals surface area contributed by atoms with E-state index in [0.29, 0.717) is 5.69 Å². The predicted molar refractivity (Wildman–Crippen MR) is 146 cm³/mol. The number of nitrogens with zero attached hydrogens (tertiary/aromatic N) is 3. The number of aryl methyl sites for hydroxylation is 1. The Bertz CT molecular complexity index is 1300. The van der Waals surface area contributed by atoms with E-state index in [4.69, 9.17) is 0 Å². The van der Waals surface area contributed by atoms with Crippen LogP contribution in [0.2, 0.25) is 0 Å². The number of hydrazone groups is 1. The minimum atomic E-state index is -3.96. The van der Waals surface area contributed by atoms with E-state index in [0.717, 1.165) is 52.5 Å². The van der Waals surface area contributed by atoms with Crippen molar-refractivity contribution in [3.8, 4) is 0 Å². The first-order chi connectivity index (χ1) is 17.3. The number of halogens is 1. The first-order valence-electron chi connectivity index (χ1n) is 11.8. The minimum absolute atomic E-state index is 0.126. The topological polar surface area (TPSA) is 82.1 Å². The Labute approximate surface area is 221 Å². The molecular formula is C27H29BrN4O3S. The molecule has 7 nitrogen and oxygen atoms in total. The van der Waals surface area contributed by atoms with Crippen LogP contribution in [0, 0.1) is 6.92 Å². The van der Waals surface area contributed by atoms with Gasteiger partial charge in [0.1, 0.15) is 6.54 Å². The Balaban J connectivity index is 1.41. The van der Waals surface area contributed by atoms with Crippen molar-refractivity contribution in [3.63, 3.8) is 0 Å². The van der Waals surface area contributed by atoms with Crippen molar-refractivity contribution in [1.82, 2.24) is 10.3 Å². The van der Waals surface area contributed by atoms with Crippen LogP contribution >= 0.6 is 15.9 Å². The number of likely N-dealkylation sites (tertiary alicyclic amines) is 1. The molecule has 0 saturated carbocycles. The molecule has 1 saturated heterocycles. The summed E-state index contributed by atoms with van der Waals surface area (Å²) >= 11 is 3.37. The number of hydrogen-bond donors (Lipinski definition) is 1. The molecule has 1 aliphatic heterocycles. The van der Waals surface area contributed by atoms with E-state index >= 15 is 0 Å². The normalized spacial score (nSPS) is 14.3. The number of sulfonamides is 1. The lowest BCUT2D eigenvalue weighted by Crippen LogP contribution is -2.40. The average Bonchev–Trinajstić information content (AvgIpc) is 2.88. The fraction of sp³-hybridized carbons (Fsp3) is 0.259. The summed E-state index contributed by atoms with van der Waals surface area (Å²) in [5.74, 6) is -0.493. The minimum Gasteiger partial charge on any atom is -0.298 e. The van der Waals surface area contributed by atoms with Crippen molar-refractivity contribution < 1.29 is 13.2 Å². The molecule has 1 N–H and O–H groups in total. The molecule has 0 atom stereocenters. The molecule has 1 heterocycles. The van der Waals surface area contributed by atoms with E-state index in [1.165, 1.54) is 5.56 Å². The molecule has 9 heteroatoms. The van der Waals surface area contributed by atoms with Gasteiger partial charge in [-0.2, -0.15) is 5.10 Å². The van der Waals surface area contributed by atoms with Crippen LogP contribution in [0.25, 0.3) is 0 Å². The monoisotopic (exact) mass is 568 g/mol. The van der Waals surface area contributed by atoms with Gasteiger partial charge in [-0.05, 0) is 48.9 Å². The summed E-state index contributed by atoms with van der Waals surface area (Å²) in [6.07, 6.45) is 1.51. The maximum absolute atomic E-state index is 13.4. The van der Waals surface area contributed by atoms with E-state index in [2.05, 4.69) is 43.5 Å². The molecular weight excluding hydrogens is 540 g/mol. The second kappa shape index (κ2) is 11.8. The highest BCUT2D eigenvalue weighted by Gasteiger charge is 2.27. The van der Waals surface area contributed by atoms with E-state index in [1.54, 1.807) is 48.5 Å². The number of hydrogen-bond acceptors (Lipinski definition) is 5. The third-order valence-electron chi connectivity index (χ3n) is 6.03. The van der Waals surface area contributed by atoms with Gasteiger partial charge in [-0.15, -0.1) is 0 Å². The Hall–Kier alpha value is -3.01. The van der Waals surface area contributed by atoms with Gasteiger partial charge in [-0.3, -0.25) is 14.0 Å². The van der Waals surface area contributed by atoms with Crippen molar-refractivity contribution >= 4 is 43.3 Å². The number of nitrogens with one attached hydrogen (secondary N) is 1. The number of rotatable bonds is 8. The van der Waals surface area contributed by atoms with E-state index in [1.807, 2.05) is 25.1 Å². The lowest BCUT2D eigenvalue weighted by atomic mass is 10.1. The second-order valence-electron chi connectivity index (χ2n) is 8.78. The molecule has 1 amide bonds. The summed E-state index contributed by atoms with van der Waals surface area (Å²) in [5, 5.41) is 4.31. The van der Waals surface area contributed by atoms with Crippen molar-refractivity contribution in [3.05, 3.63) is 94.5 Å². The van der Waals surface area contributed by atoms with E-state index < -0.39 is 15.9 Å². The quantitative estimate of drug-likeness (QED) is 0.398. The number of benzene rings is 3. The smallest absolute Gasteiger partial charge is 0.264 e. The third kappa shape index (κ3) is 6.81. The largest absolute Gasteiger partial charge is 0.298 e. The van der Waals surface area contributed by atoms with Crippen LogP contribution in [0.3, 0.4) is 0 Å². The molecule has 1 aliphatic rings. The van der Waals surface area contributed by atoms with Crippen molar-refractivity contribution in [2.75, 3.05) is 23.9 Å². The fourth-order valence-electron chi connectivity index (χ4n) is 3.99. The van der Waals surface area contributed by atoms with Crippen molar-refractivity contribution in [1.29, 1.82) is 0 Å². The van der Waals surface area contributed by atoms with Crippen LogP contribution < -0.4 is 9.73 Å². The van der Waals surface area contributed by atoms with Crippen LogP contribution in [0.15, 0.2) is 93.3 Å². The number of anilines is 1. The SMILES string of the molecule is Cc1ccc(S(=O)(=O)N(CC(=O)NN=C2CCN(Cc3ccccc3)CC2)c2ccc(Br)cc2)cc1. The van der Waals surface area contributed by atoms with Gasteiger partial charge in [-0.1, -0.05) is 64.0 Å². The van der Waals surface area contributed by atoms with Gasteiger partial charge in [0, 0.05) is 42.7 Å². The standard InChI is InChI=1S/C27H29BrN4O3S/c1-21-7-13-26(14-8-21)36(34,35)32(25-11-9-23(28)10-12-25)20-27(33)30-29-24-15-17-31(18-16-24)19-22-5-3-2-4-6-22/h2-14H,15-20H2,1H3,(H,30,33). The molecule has 4 rings (SSSR count). The maximum atomic E-state index is 13.4. The highest BCUT2D eigenvalue weighted by Crippen LogP contribution is 2.25. The van der Waals surface area contributed by atoms with Crippen LogP contribution in [-0.2, 0) is 21.4 Å². The Morgan fingerprint density at radius 3 is 2.25 bits per heavy atom. The molecule has 3 aromatic carbocycles. The average molecular weight is 570 g/mol. The second-order valence-corrected chi connectivity index (χ2v) is 11.6. The van der Waals surface area contributed by atoms with Gasteiger partial charge in [-0.25, -0.2) is 13.8 Å². The molecule has 0 unspecified atom stereocenters. The van der Waals surface area contributed by atoms with Gasteiger partial charge in [0.25, 0.3) is 15.9 Å². The molecule has 36 heavy (non-hydrogen) atoms. The Kier molecular flexibility index (Phi) is 8.56. The van der Waals surface area contributed by atoms with Crippen LogP contribution in [0.1, 0.15) is 24.0 Å². The maximum Gasteiger partial charge on any atom is 0.264 e. The Morgan fingerprint density at radius 1 is 0.972 bits per heavy atom. The van der Waals surface area contributed by atoms with Gasteiger partial charge in [0.15, 0.2) is 0 Å². The van der Waals surface area contributed by atoms with Crippen LogP contribution in [0.5, 0.6) is 0 Å². The van der Waals surface area contributed by atoms with E-state index in [-0.39, 0.29) is 11.4 Å². The highest BCUT2D eigenvalue weighted by molar-refractivity contribution is 9.10. The van der Waals surface area contributed by atoms with Crippen LogP contribution in [0.4, 0.5) is 5.69 Å². The zero-order valence-electron chi connectivity index (χ0n) is 20.1. The van der Waals surface area contributed by atoms with E-state index in [9.17, 15) is 13.2 Å². The summed E-state index contributed by atoms with van der Waals surface area (Å²) in [6.45, 7) is 4.11. The lowest BCUT2D eigenvalue weighted by Gasteiger charge is -2.27. The van der Waals surface area contributed by atoms with Crippen molar-refractivity contribution in [2.24, 2.45) is 5.10 Å². The van der Waals surface area contributed by atoms with Crippen LogP contribution in [-0.4, -0.2) is 44.6 Å². The zero-order valence-corrected chi connectivity index (χ0v) is 22.5. The highest BCUT2D eigenvalue weighted by atomic mass is 79.9. The molecule has 0 bridgehead atoms. The predicted octanol–water partition coefficient (Wildman–Crippen LogP) is 4.72. The van der Waals surface area contributed by atoms with Gasteiger partial charge in [0.2, 0.25) is 0 Å². The molecule has 188 valence electrons. The molecule has 3 aromatic rings. The number of piperidine rings is 1. The first kappa shape index (κ1) is 26.1. The molecule has 0 aromatic heterocycles. The lowest BCUT2D eigenvalue weighted by molar-refractivity contribution is -0.119. The summed E-state index contributed by atoms with van der Waals surface area (Å²) in [6, 6.07) is 23.7. The molecule has 0 radical (unpaired) electrons. The summed E-state index contributed by atoms with van der Waals surface area (Å²) < 4.78 is 28.8.